The summed E-state index contributed by atoms with van der Waals surface area (Å²) >= 11 is 1.98. The summed E-state index contributed by atoms with van der Waals surface area (Å²) < 4.78 is 28.9. The Bertz CT molecular complexity index is 530. The lowest BCUT2D eigenvalue weighted by Crippen LogP contribution is -2.03. The standard InChI is InChI=1S/C10H5F2IN2O/c11-8-1-6(5-16)2-9(12)10(8)15-4-7(13)3-14-15/h1-5H. The third-order valence-corrected chi connectivity index (χ3v) is 2.51. The van der Waals surface area contributed by atoms with Crippen LogP contribution in [0.2, 0.25) is 0 Å². The van der Waals surface area contributed by atoms with Crippen LogP contribution in [0.15, 0.2) is 24.5 Å². The van der Waals surface area contributed by atoms with Crippen LogP contribution in [-0.4, -0.2) is 16.1 Å². The zero-order valence-electron chi connectivity index (χ0n) is 7.82. The van der Waals surface area contributed by atoms with Gasteiger partial charge in [0.2, 0.25) is 0 Å². The minimum absolute atomic E-state index is 0.0411. The number of aldehydes is 1. The third kappa shape index (κ3) is 1.97. The quantitative estimate of drug-likeness (QED) is 0.625. The van der Waals surface area contributed by atoms with Crippen LogP contribution in [0.1, 0.15) is 10.4 Å². The van der Waals surface area contributed by atoms with Gasteiger partial charge in [0, 0.05) is 11.8 Å². The van der Waals surface area contributed by atoms with E-state index in [4.69, 9.17) is 0 Å². The molecule has 6 heteroatoms. The molecule has 82 valence electrons. The van der Waals surface area contributed by atoms with Crippen molar-refractivity contribution >= 4 is 28.9 Å². The first-order valence-corrected chi connectivity index (χ1v) is 5.34. The van der Waals surface area contributed by atoms with Gasteiger partial charge < -0.3 is 0 Å². The summed E-state index contributed by atoms with van der Waals surface area (Å²) in [5.74, 6) is -1.64. The number of hydrogen-bond donors (Lipinski definition) is 0. The molecule has 2 rings (SSSR count). The fraction of sp³-hybridized carbons (Fsp3) is 0. The summed E-state index contributed by atoms with van der Waals surface area (Å²) in [4.78, 5) is 10.4. The topological polar surface area (TPSA) is 34.9 Å². The Morgan fingerprint density at radius 1 is 1.31 bits per heavy atom. The second-order valence-corrected chi connectivity index (χ2v) is 4.30. The Morgan fingerprint density at radius 2 is 1.94 bits per heavy atom. The first-order chi connectivity index (χ1) is 7.61. The van der Waals surface area contributed by atoms with Crippen LogP contribution in [0, 0.1) is 15.2 Å². The van der Waals surface area contributed by atoms with Crippen molar-refractivity contribution in [3.8, 4) is 5.69 Å². The summed E-state index contributed by atoms with van der Waals surface area (Å²) in [6, 6.07) is 1.94. The van der Waals surface area contributed by atoms with E-state index in [-0.39, 0.29) is 11.3 Å². The van der Waals surface area contributed by atoms with Gasteiger partial charge in [0.25, 0.3) is 0 Å². The summed E-state index contributed by atoms with van der Waals surface area (Å²) in [5.41, 5.74) is -0.325. The Labute approximate surface area is 103 Å². The fourth-order valence-electron chi connectivity index (χ4n) is 1.30. The highest BCUT2D eigenvalue weighted by Gasteiger charge is 2.13. The number of carbonyl (C=O) groups excluding carboxylic acids is 1. The molecular formula is C10H5F2IN2O. The maximum Gasteiger partial charge on any atom is 0.152 e. The van der Waals surface area contributed by atoms with Gasteiger partial charge in [0.15, 0.2) is 11.6 Å². The number of rotatable bonds is 2. The van der Waals surface area contributed by atoms with Crippen molar-refractivity contribution in [2.24, 2.45) is 0 Å². The first kappa shape index (κ1) is 11.2. The van der Waals surface area contributed by atoms with Crippen LogP contribution in [0.25, 0.3) is 5.69 Å². The SMILES string of the molecule is O=Cc1cc(F)c(-n2cc(I)cn2)c(F)c1. The van der Waals surface area contributed by atoms with Gasteiger partial charge in [0.1, 0.15) is 12.0 Å². The van der Waals surface area contributed by atoms with Gasteiger partial charge in [-0.15, -0.1) is 0 Å². The molecule has 1 aromatic carbocycles. The first-order valence-electron chi connectivity index (χ1n) is 4.26. The molecule has 0 radical (unpaired) electrons. The average molecular weight is 334 g/mol. The molecule has 0 fully saturated rings. The number of benzene rings is 1. The van der Waals surface area contributed by atoms with E-state index in [1.807, 2.05) is 22.6 Å². The molecule has 0 aliphatic carbocycles. The van der Waals surface area contributed by atoms with E-state index in [9.17, 15) is 13.6 Å². The summed E-state index contributed by atoms with van der Waals surface area (Å²) in [5, 5.41) is 3.80. The maximum absolute atomic E-state index is 13.5. The van der Waals surface area contributed by atoms with Gasteiger partial charge in [-0.25, -0.2) is 13.5 Å². The summed E-state index contributed by atoms with van der Waals surface area (Å²) in [6.07, 6.45) is 3.36. The Balaban J connectivity index is 2.61. The van der Waals surface area contributed by atoms with Crippen LogP contribution < -0.4 is 0 Å². The van der Waals surface area contributed by atoms with Gasteiger partial charge in [-0.3, -0.25) is 4.79 Å². The lowest BCUT2D eigenvalue weighted by Gasteiger charge is -2.05. The van der Waals surface area contributed by atoms with Crippen molar-refractivity contribution in [3.63, 3.8) is 0 Å². The number of nitrogens with zero attached hydrogens (tertiary/aromatic N) is 2. The molecule has 16 heavy (non-hydrogen) atoms. The largest absolute Gasteiger partial charge is 0.298 e. The zero-order valence-corrected chi connectivity index (χ0v) is 9.98. The number of carbonyl (C=O) groups is 1. The highest BCUT2D eigenvalue weighted by atomic mass is 127. The van der Waals surface area contributed by atoms with E-state index in [0.29, 0.717) is 6.29 Å². The van der Waals surface area contributed by atoms with Gasteiger partial charge >= 0.3 is 0 Å². The van der Waals surface area contributed by atoms with Crippen molar-refractivity contribution in [2.75, 3.05) is 0 Å². The highest BCUT2D eigenvalue weighted by molar-refractivity contribution is 14.1. The molecule has 0 N–H and O–H groups in total. The second-order valence-electron chi connectivity index (χ2n) is 3.05. The minimum atomic E-state index is -0.818. The van der Waals surface area contributed by atoms with E-state index in [2.05, 4.69) is 5.10 Å². The molecule has 1 heterocycles. The van der Waals surface area contributed by atoms with E-state index in [1.54, 1.807) is 0 Å². The highest BCUT2D eigenvalue weighted by Crippen LogP contribution is 2.19. The monoisotopic (exact) mass is 334 g/mol. The molecule has 3 nitrogen and oxygen atoms in total. The second kappa shape index (κ2) is 4.28. The van der Waals surface area contributed by atoms with Crippen LogP contribution in [0.4, 0.5) is 8.78 Å². The van der Waals surface area contributed by atoms with E-state index in [1.165, 1.54) is 12.4 Å². The molecule has 2 aromatic rings. The fourth-order valence-corrected chi connectivity index (χ4v) is 1.68. The van der Waals surface area contributed by atoms with Crippen LogP contribution in [-0.2, 0) is 0 Å². The van der Waals surface area contributed by atoms with Crippen LogP contribution in [0.5, 0.6) is 0 Å². The average Bonchev–Trinajstić information content (AvgIpc) is 2.63. The molecule has 0 aliphatic heterocycles. The van der Waals surface area contributed by atoms with Gasteiger partial charge in [-0.05, 0) is 34.7 Å². The van der Waals surface area contributed by atoms with E-state index < -0.39 is 11.6 Å². The Kier molecular flexibility index (Phi) is 2.99. The van der Waals surface area contributed by atoms with Gasteiger partial charge in [0.05, 0.1) is 9.77 Å². The maximum atomic E-state index is 13.5. The molecule has 0 atom stereocenters. The zero-order chi connectivity index (χ0) is 11.7. The molecule has 0 aliphatic rings. The van der Waals surface area contributed by atoms with Gasteiger partial charge in [-0.2, -0.15) is 5.10 Å². The Hall–Kier alpha value is -1.31. The number of aromatic nitrogens is 2. The van der Waals surface area contributed by atoms with Crippen molar-refractivity contribution in [1.82, 2.24) is 9.78 Å². The minimum Gasteiger partial charge on any atom is -0.298 e. The smallest absolute Gasteiger partial charge is 0.152 e. The summed E-state index contributed by atoms with van der Waals surface area (Å²) in [6.45, 7) is 0. The molecule has 0 bridgehead atoms. The van der Waals surface area contributed by atoms with Crippen molar-refractivity contribution in [2.45, 2.75) is 0 Å². The molecular weight excluding hydrogens is 329 g/mol. The van der Waals surface area contributed by atoms with E-state index in [0.717, 1.165) is 20.4 Å². The molecule has 1 aromatic heterocycles. The summed E-state index contributed by atoms with van der Waals surface area (Å²) in [7, 11) is 0. The Morgan fingerprint density at radius 3 is 2.38 bits per heavy atom. The third-order valence-electron chi connectivity index (χ3n) is 1.96. The molecule has 0 saturated heterocycles. The molecule has 0 unspecified atom stereocenters. The van der Waals surface area contributed by atoms with Crippen molar-refractivity contribution < 1.29 is 13.6 Å². The molecule has 0 spiro atoms. The van der Waals surface area contributed by atoms with Crippen molar-refractivity contribution in [1.29, 1.82) is 0 Å². The predicted octanol–water partition coefficient (Wildman–Crippen LogP) is 2.57. The van der Waals surface area contributed by atoms with Crippen molar-refractivity contribution in [3.05, 3.63) is 45.3 Å². The molecule has 0 amide bonds. The van der Waals surface area contributed by atoms with E-state index >= 15 is 0 Å². The predicted molar refractivity (Wildman–Crippen MR) is 61.6 cm³/mol. The lowest BCUT2D eigenvalue weighted by atomic mass is 10.2. The molecule has 0 saturated carbocycles. The van der Waals surface area contributed by atoms with Crippen LogP contribution in [0.3, 0.4) is 0 Å². The lowest BCUT2D eigenvalue weighted by molar-refractivity contribution is 0.112. The van der Waals surface area contributed by atoms with Gasteiger partial charge in [-0.1, -0.05) is 0 Å². The number of halogens is 3. The van der Waals surface area contributed by atoms with Crippen LogP contribution >= 0.6 is 22.6 Å². The normalized spacial score (nSPS) is 10.4. The number of hydrogen-bond acceptors (Lipinski definition) is 2.